The van der Waals surface area contributed by atoms with Crippen LogP contribution in [0.3, 0.4) is 0 Å². The van der Waals surface area contributed by atoms with E-state index in [0.717, 1.165) is 29.6 Å². The number of thiophene rings is 1. The Bertz CT molecular complexity index is 496. The zero-order chi connectivity index (χ0) is 14.4. The Morgan fingerprint density at radius 1 is 1.30 bits per heavy atom. The van der Waals surface area contributed by atoms with Crippen molar-refractivity contribution in [3.63, 3.8) is 0 Å². The second kappa shape index (κ2) is 7.84. The van der Waals surface area contributed by atoms with E-state index in [2.05, 4.69) is 30.4 Å². The van der Waals surface area contributed by atoms with Gasteiger partial charge in [0, 0.05) is 4.88 Å². The number of hydrogen-bond donors (Lipinski definition) is 1. The largest absolute Gasteiger partial charge is 0.467 e. The van der Waals surface area contributed by atoms with Gasteiger partial charge < -0.3 is 14.6 Å². The van der Waals surface area contributed by atoms with E-state index in [-0.39, 0.29) is 6.04 Å². The molecule has 0 spiro atoms. The molecule has 1 atom stereocenters. The number of nitrogens with one attached hydrogen (secondary N) is 1. The van der Waals surface area contributed by atoms with Crippen molar-refractivity contribution in [3.8, 4) is 0 Å². The fourth-order valence-corrected chi connectivity index (χ4v) is 3.22. The van der Waals surface area contributed by atoms with Gasteiger partial charge in [-0.3, -0.25) is 0 Å². The molecule has 2 aromatic rings. The highest BCUT2D eigenvalue weighted by molar-refractivity contribution is 7.16. The van der Waals surface area contributed by atoms with Crippen molar-refractivity contribution in [2.24, 2.45) is 0 Å². The highest BCUT2D eigenvalue weighted by Crippen LogP contribution is 2.31. The van der Waals surface area contributed by atoms with Gasteiger partial charge in [-0.1, -0.05) is 11.6 Å². The predicted molar refractivity (Wildman–Crippen MR) is 85.7 cm³/mol. The number of halogens is 1. The fourth-order valence-electron chi connectivity index (χ4n) is 2.08. The zero-order valence-corrected chi connectivity index (χ0v) is 13.5. The quantitative estimate of drug-likeness (QED) is 0.746. The van der Waals surface area contributed by atoms with Crippen molar-refractivity contribution in [2.45, 2.75) is 18.9 Å². The summed E-state index contributed by atoms with van der Waals surface area (Å²) in [5.41, 5.74) is 0. The molecule has 110 valence electrons. The van der Waals surface area contributed by atoms with Crippen molar-refractivity contribution < 1.29 is 4.42 Å². The third-order valence-corrected chi connectivity index (χ3v) is 4.38. The van der Waals surface area contributed by atoms with Crippen molar-refractivity contribution in [1.82, 2.24) is 10.2 Å². The molecule has 2 rings (SSSR count). The predicted octanol–water partition coefficient (Wildman–Crippen LogP) is 4.02. The Balaban J connectivity index is 1.91. The van der Waals surface area contributed by atoms with Crippen LogP contribution < -0.4 is 5.32 Å². The Hall–Kier alpha value is -0.810. The molecule has 3 nitrogen and oxygen atoms in total. The van der Waals surface area contributed by atoms with Crippen LogP contribution in [0, 0.1) is 0 Å². The summed E-state index contributed by atoms with van der Waals surface area (Å²) < 4.78 is 6.36. The molecule has 0 saturated carbocycles. The van der Waals surface area contributed by atoms with Gasteiger partial charge in [0.15, 0.2) is 0 Å². The lowest BCUT2D eigenvalue weighted by molar-refractivity contribution is 0.386. The van der Waals surface area contributed by atoms with Crippen LogP contribution in [0.25, 0.3) is 0 Å². The average Bonchev–Trinajstić information content (AvgIpc) is 3.05. The normalized spacial score (nSPS) is 13.0. The second-order valence-corrected chi connectivity index (χ2v) is 6.80. The molecule has 1 N–H and O–H groups in total. The van der Waals surface area contributed by atoms with Crippen LogP contribution in [0.5, 0.6) is 0 Å². The van der Waals surface area contributed by atoms with Gasteiger partial charge in [0.2, 0.25) is 0 Å². The maximum Gasteiger partial charge on any atom is 0.126 e. The Labute approximate surface area is 129 Å². The fraction of sp³-hybridized carbons (Fsp3) is 0.467. The average molecular weight is 313 g/mol. The number of nitrogens with zero attached hydrogens (tertiary/aromatic N) is 1. The van der Waals surface area contributed by atoms with Gasteiger partial charge in [0.05, 0.1) is 10.6 Å². The third-order valence-electron chi connectivity index (χ3n) is 3.09. The van der Waals surface area contributed by atoms with Gasteiger partial charge in [-0.15, -0.1) is 11.3 Å². The first kappa shape index (κ1) is 15.6. The van der Waals surface area contributed by atoms with E-state index >= 15 is 0 Å². The van der Waals surface area contributed by atoms with Gasteiger partial charge in [-0.25, -0.2) is 0 Å². The van der Waals surface area contributed by atoms with E-state index in [0.29, 0.717) is 0 Å². The van der Waals surface area contributed by atoms with Crippen LogP contribution in [0.4, 0.5) is 0 Å². The lowest BCUT2D eigenvalue weighted by Gasteiger charge is -2.16. The first-order valence-corrected chi connectivity index (χ1v) is 8.03. The van der Waals surface area contributed by atoms with Crippen LogP contribution in [-0.4, -0.2) is 32.1 Å². The summed E-state index contributed by atoms with van der Waals surface area (Å²) in [4.78, 5) is 3.40. The van der Waals surface area contributed by atoms with E-state index in [4.69, 9.17) is 16.0 Å². The highest BCUT2D eigenvalue weighted by Gasteiger charge is 2.17. The van der Waals surface area contributed by atoms with Gasteiger partial charge in [-0.05, 0) is 64.3 Å². The minimum absolute atomic E-state index is 0.0989. The lowest BCUT2D eigenvalue weighted by Crippen LogP contribution is -2.23. The third kappa shape index (κ3) is 4.63. The summed E-state index contributed by atoms with van der Waals surface area (Å²) in [5.74, 6) is 0.941. The molecule has 0 aliphatic heterocycles. The van der Waals surface area contributed by atoms with Crippen LogP contribution in [0.15, 0.2) is 34.9 Å². The summed E-state index contributed by atoms with van der Waals surface area (Å²) in [6, 6.07) is 8.02. The molecule has 0 radical (unpaired) electrons. The molecule has 0 amide bonds. The zero-order valence-electron chi connectivity index (χ0n) is 11.9. The second-order valence-electron chi connectivity index (χ2n) is 5.05. The molecular weight excluding hydrogens is 292 g/mol. The van der Waals surface area contributed by atoms with Crippen LogP contribution in [-0.2, 0) is 0 Å². The summed E-state index contributed by atoms with van der Waals surface area (Å²) >= 11 is 7.64. The van der Waals surface area contributed by atoms with E-state index in [1.807, 2.05) is 18.2 Å². The topological polar surface area (TPSA) is 28.4 Å². The summed E-state index contributed by atoms with van der Waals surface area (Å²) in [5, 5.41) is 3.57. The van der Waals surface area contributed by atoms with E-state index in [9.17, 15) is 0 Å². The van der Waals surface area contributed by atoms with Crippen molar-refractivity contribution in [1.29, 1.82) is 0 Å². The highest BCUT2D eigenvalue weighted by atomic mass is 35.5. The summed E-state index contributed by atoms with van der Waals surface area (Å²) in [6.45, 7) is 2.09. The smallest absolute Gasteiger partial charge is 0.126 e. The maximum absolute atomic E-state index is 6.04. The Morgan fingerprint density at radius 3 is 2.75 bits per heavy atom. The van der Waals surface area contributed by atoms with Gasteiger partial charge in [0.1, 0.15) is 11.8 Å². The number of rotatable bonds is 8. The van der Waals surface area contributed by atoms with Crippen molar-refractivity contribution >= 4 is 22.9 Å². The first-order chi connectivity index (χ1) is 9.66. The molecule has 20 heavy (non-hydrogen) atoms. The minimum atomic E-state index is 0.0989. The van der Waals surface area contributed by atoms with Gasteiger partial charge in [-0.2, -0.15) is 0 Å². The van der Waals surface area contributed by atoms with Gasteiger partial charge >= 0.3 is 0 Å². The first-order valence-electron chi connectivity index (χ1n) is 6.83. The standard InChI is InChI=1S/C15H21ClN2OS/c1-18(2)10-4-3-9-17-15(12-6-5-11-19-12)13-7-8-14(16)20-13/h5-8,11,15,17H,3-4,9-10H2,1-2H3. The van der Waals surface area contributed by atoms with Crippen LogP contribution in [0.2, 0.25) is 4.34 Å². The molecule has 0 aliphatic carbocycles. The number of unbranched alkanes of at least 4 members (excludes halogenated alkanes) is 1. The molecular formula is C15H21ClN2OS. The minimum Gasteiger partial charge on any atom is -0.467 e. The lowest BCUT2D eigenvalue weighted by atomic mass is 10.1. The van der Waals surface area contributed by atoms with E-state index in [1.165, 1.54) is 11.3 Å². The molecule has 0 aromatic carbocycles. The molecule has 0 aliphatic rings. The van der Waals surface area contributed by atoms with E-state index in [1.54, 1.807) is 17.6 Å². The molecule has 5 heteroatoms. The maximum atomic E-state index is 6.04. The van der Waals surface area contributed by atoms with Crippen molar-refractivity contribution in [2.75, 3.05) is 27.2 Å². The number of furan rings is 1. The summed E-state index contributed by atoms with van der Waals surface area (Å²) in [7, 11) is 4.21. The Kier molecular flexibility index (Phi) is 6.10. The molecule has 0 fully saturated rings. The van der Waals surface area contributed by atoms with Gasteiger partial charge in [0.25, 0.3) is 0 Å². The molecule has 2 heterocycles. The van der Waals surface area contributed by atoms with Crippen molar-refractivity contribution in [3.05, 3.63) is 45.5 Å². The molecule has 1 unspecified atom stereocenters. The Morgan fingerprint density at radius 2 is 2.15 bits per heavy atom. The van der Waals surface area contributed by atoms with Crippen LogP contribution in [0.1, 0.15) is 29.5 Å². The van der Waals surface area contributed by atoms with E-state index < -0.39 is 0 Å². The molecule has 2 aromatic heterocycles. The monoisotopic (exact) mass is 312 g/mol. The van der Waals surface area contributed by atoms with Crippen LogP contribution >= 0.6 is 22.9 Å². The molecule has 0 bridgehead atoms. The SMILES string of the molecule is CN(C)CCCCNC(c1ccco1)c1ccc(Cl)s1. The number of hydrogen-bond acceptors (Lipinski definition) is 4. The molecule has 0 saturated heterocycles. The summed E-state index contributed by atoms with van der Waals surface area (Å²) in [6.07, 6.45) is 4.05.